The summed E-state index contributed by atoms with van der Waals surface area (Å²) < 4.78 is 43.0. The molecular weight excluding hydrogens is 832 g/mol. The summed E-state index contributed by atoms with van der Waals surface area (Å²) in [5, 5.41) is 7.91. The SMILES string of the molecule is O=C(NCCC1CCN(C(=O)c2ccccc2)CC1)c1cc2cnccc2[nH]1.O=C(NCCCCC1CCN(C(=O)c2ccccc2OC(F)(F)F)CC1)c1cc2ccncc2s1. The minimum atomic E-state index is -4.85. The lowest BCUT2D eigenvalue weighted by Gasteiger charge is -2.32. The average Bonchev–Trinajstić information content (AvgIpc) is 3.95. The number of aromatic nitrogens is 3. The first-order valence-electron chi connectivity index (χ1n) is 21.3. The number of halogens is 3. The molecule has 0 bridgehead atoms. The van der Waals surface area contributed by atoms with Crippen molar-refractivity contribution in [1.82, 2.24) is 35.4 Å². The van der Waals surface area contributed by atoms with Crippen LogP contribution in [0.5, 0.6) is 5.75 Å². The third kappa shape index (κ3) is 12.4. The molecule has 330 valence electrons. The number of H-pyrrole nitrogens is 1. The minimum Gasteiger partial charge on any atom is -0.405 e. The number of nitrogens with one attached hydrogen (secondary N) is 3. The number of carbonyl (C=O) groups is 4. The van der Waals surface area contributed by atoms with E-state index in [1.807, 2.05) is 59.5 Å². The topological polar surface area (TPSA) is 150 Å². The van der Waals surface area contributed by atoms with Crippen molar-refractivity contribution in [2.24, 2.45) is 11.8 Å². The molecule has 4 amide bonds. The number of alkyl halides is 3. The van der Waals surface area contributed by atoms with Gasteiger partial charge >= 0.3 is 6.36 Å². The maximum atomic E-state index is 12.8. The molecule has 63 heavy (non-hydrogen) atoms. The van der Waals surface area contributed by atoms with Crippen LogP contribution < -0.4 is 15.4 Å². The number of hydrogen-bond donors (Lipinski definition) is 3. The highest BCUT2D eigenvalue weighted by Gasteiger charge is 2.34. The Morgan fingerprint density at radius 3 is 2.08 bits per heavy atom. The number of carbonyl (C=O) groups excluding carboxylic acids is 4. The molecular formula is C47H50F3N7O5S. The highest BCUT2D eigenvalue weighted by Crippen LogP contribution is 2.30. The number of amides is 4. The van der Waals surface area contributed by atoms with Crippen LogP contribution >= 0.6 is 11.3 Å². The van der Waals surface area contributed by atoms with E-state index in [1.54, 1.807) is 29.7 Å². The lowest BCUT2D eigenvalue weighted by Crippen LogP contribution is -2.39. The van der Waals surface area contributed by atoms with Crippen LogP contribution in [0.2, 0.25) is 0 Å². The summed E-state index contributed by atoms with van der Waals surface area (Å²) in [6.45, 7) is 3.80. The van der Waals surface area contributed by atoms with Crippen LogP contribution in [0.1, 0.15) is 92.2 Å². The maximum Gasteiger partial charge on any atom is 0.573 e. The summed E-state index contributed by atoms with van der Waals surface area (Å²) in [5.74, 6) is 0.0180. The maximum absolute atomic E-state index is 12.8. The number of fused-ring (bicyclic) bond motifs is 2. The van der Waals surface area contributed by atoms with E-state index < -0.39 is 18.0 Å². The Hall–Kier alpha value is -6.29. The largest absolute Gasteiger partial charge is 0.573 e. The quantitative estimate of drug-likeness (QED) is 0.0982. The molecule has 0 spiro atoms. The molecule has 2 aliphatic heterocycles. The highest BCUT2D eigenvalue weighted by atomic mass is 32.1. The van der Waals surface area contributed by atoms with E-state index in [0.29, 0.717) is 48.6 Å². The van der Waals surface area contributed by atoms with Crippen LogP contribution in [0.15, 0.2) is 104 Å². The van der Waals surface area contributed by atoms with Gasteiger partial charge in [-0.1, -0.05) is 43.2 Å². The Morgan fingerprint density at radius 2 is 1.37 bits per heavy atom. The van der Waals surface area contributed by atoms with Crippen molar-refractivity contribution in [2.75, 3.05) is 39.3 Å². The van der Waals surface area contributed by atoms with Gasteiger partial charge < -0.3 is 30.2 Å². The second-order valence-corrected chi connectivity index (χ2v) is 16.9. The molecule has 8 rings (SSSR count). The Morgan fingerprint density at radius 1 is 0.714 bits per heavy atom. The fourth-order valence-corrected chi connectivity index (χ4v) is 9.01. The number of likely N-dealkylation sites (tertiary alicyclic amines) is 2. The fraction of sp³-hybridized carbons (Fsp3) is 0.362. The molecule has 6 aromatic rings. The molecule has 0 atom stereocenters. The van der Waals surface area contributed by atoms with Gasteiger partial charge in [0.05, 0.1) is 15.1 Å². The number of unbranched alkanes of at least 4 members (excludes halogenated alkanes) is 1. The molecule has 6 heterocycles. The Labute approximate surface area is 367 Å². The van der Waals surface area contributed by atoms with Gasteiger partial charge in [0, 0.05) is 80.5 Å². The zero-order valence-electron chi connectivity index (χ0n) is 34.7. The summed E-state index contributed by atoms with van der Waals surface area (Å²) >= 11 is 1.43. The van der Waals surface area contributed by atoms with Crippen molar-refractivity contribution in [3.05, 3.63) is 125 Å². The Balaban J connectivity index is 0.000000193. The van der Waals surface area contributed by atoms with Crippen molar-refractivity contribution >= 4 is 56.0 Å². The summed E-state index contributed by atoms with van der Waals surface area (Å²) in [6.07, 6.45) is 9.35. The predicted molar refractivity (Wildman–Crippen MR) is 236 cm³/mol. The molecule has 2 fully saturated rings. The molecule has 2 saturated heterocycles. The van der Waals surface area contributed by atoms with Gasteiger partial charge in [-0.3, -0.25) is 29.1 Å². The van der Waals surface area contributed by atoms with E-state index in [2.05, 4.69) is 30.3 Å². The third-order valence-electron chi connectivity index (χ3n) is 11.5. The van der Waals surface area contributed by atoms with Gasteiger partial charge in [0.1, 0.15) is 11.4 Å². The van der Waals surface area contributed by atoms with Gasteiger partial charge in [-0.2, -0.15) is 0 Å². The molecule has 4 aromatic heterocycles. The normalized spacial score (nSPS) is 14.8. The number of thiophene rings is 1. The number of hydrogen-bond acceptors (Lipinski definition) is 8. The van der Waals surface area contributed by atoms with Crippen LogP contribution in [0.4, 0.5) is 13.2 Å². The van der Waals surface area contributed by atoms with Gasteiger partial charge in [0.15, 0.2) is 0 Å². The highest BCUT2D eigenvalue weighted by molar-refractivity contribution is 7.20. The van der Waals surface area contributed by atoms with Crippen LogP contribution in [-0.4, -0.2) is 94.0 Å². The number of para-hydroxylation sites is 1. The molecule has 3 N–H and O–H groups in total. The van der Waals surface area contributed by atoms with Gasteiger partial charge in [0.25, 0.3) is 23.6 Å². The predicted octanol–water partition coefficient (Wildman–Crippen LogP) is 8.88. The van der Waals surface area contributed by atoms with Crippen LogP contribution in [-0.2, 0) is 0 Å². The van der Waals surface area contributed by atoms with E-state index in [-0.39, 0.29) is 23.3 Å². The van der Waals surface area contributed by atoms with E-state index >= 15 is 0 Å². The zero-order chi connectivity index (χ0) is 44.2. The average molecular weight is 882 g/mol. The number of piperidine rings is 2. The van der Waals surface area contributed by atoms with Crippen molar-refractivity contribution in [3.63, 3.8) is 0 Å². The third-order valence-corrected chi connectivity index (χ3v) is 12.6. The summed E-state index contributed by atoms with van der Waals surface area (Å²) in [7, 11) is 0. The van der Waals surface area contributed by atoms with Gasteiger partial charge in [-0.05, 0) is 104 Å². The summed E-state index contributed by atoms with van der Waals surface area (Å²) in [4.78, 5) is 65.5. The van der Waals surface area contributed by atoms with E-state index in [4.69, 9.17) is 0 Å². The number of rotatable bonds is 13. The molecule has 0 radical (unpaired) electrons. The number of nitrogens with zero attached hydrogens (tertiary/aromatic N) is 4. The number of ether oxygens (including phenoxy) is 1. The zero-order valence-corrected chi connectivity index (χ0v) is 35.6. The van der Waals surface area contributed by atoms with Crippen molar-refractivity contribution in [3.8, 4) is 5.75 Å². The van der Waals surface area contributed by atoms with E-state index in [0.717, 1.165) is 97.1 Å². The van der Waals surface area contributed by atoms with E-state index in [1.165, 1.54) is 29.5 Å². The second kappa shape index (κ2) is 21.2. The first-order chi connectivity index (χ1) is 30.5. The van der Waals surface area contributed by atoms with Crippen LogP contribution in [0, 0.1) is 11.8 Å². The monoisotopic (exact) mass is 881 g/mol. The molecule has 0 aliphatic carbocycles. The lowest BCUT2D eigenvalue weighted by atomic mass is 9.91. The number of aromatic amines is 1. The molecule has 2 aromatic carbocycles. The lowest BCUT2D eigenvalue weighted by molar-refractivity contribution is -0.274. The smallest absolute Gasteiger partial charge is 0.405 e. The van der Waals surface area contributed by atoms with E-state index in [9.17, 15) is 32.3 Å². The first kappa shape index (κ1) is 44.8. The second-order valence-electron chi connectivity index (χ2n) is 15.8. The minimum absolute atomic E-state index is 0.0751. The Bertz CT molecular complexity index is 2410. The Kier molecular flexibility index (Phi) is 15.1. The molecule has 0 saturated carbocycles. The molecule has 0 unspecified atom stereocenters. The van der Waals surface area contributed by atoms with Gasteiger partial charge in [-0.25, -0.2) is 0 Å². The van der Waals surface area contributed by atoms with Gasteiger partial charge in [-0.15, -0.1) is 24.5 Å². The van der Waals surface area contributed by atoms with Crippen LogP contribution in [0.3, 0.4) is 0 Å². The molecule has 2 aliphatic rings. The summed E-state index contributed by atoms with van der Waals surface area (Å²) in [6, 6.07) is 22.3. The fourth-order valence-electron chi connectivity index (χ4n) is 8.06. The summed E-state index contributed by atoms with van der Waals surface area (Å²) in [5.41, 5.74) is 2.15. The van der Waals surface area contributed by atoms with Crippen molar-refractivity contribution < 1.29 is 37.1 Å². The molecule has 16 heteroatoms. The van der Waals surface area contributed by atoms with Gasteiger partial charge in [0.2, 0.25) is 0 Å². The van der Waals surface area contributed by atoms with Crippen LogP contribution in [0.25, 0.3) is 21.0 Å². The number of pyridine rings is 2. The standard InChI is InChI=1S/C25H26F3N3O3S.C22H24N4O2/c26-25(27,28)34-20-7-2-1-6-19(20)24(33)31-13-9-17(10-14-31)5-3-4-11-30-23(32)21-15-18-8-12-29-16-22(18)35-21;27-21(20-14-18-15-23-10-7-19(18)25-20)24-11-6-16-8-12-26(13-9-16)22(28)17-4-2-1-3-5-17/h1-2,6-8,12,15-17H,3-5,9-11,13-14H2,(H,30,32);1-5,7,10,14-16,25H,6,8-9,11-13H2,(H,24,27). The molecule has 12 nitrogen and oxygen atoms in total. The first-order valence-corrected chi connectivity index (χ1v) is 22.1. The van der Waals surface area contributed by atoms with Crippen molar-refractivity contribution in [1.29, 1.82) is 0 Å². The van der Waals surface area contributed by atoms with Crippen molar-refractivity contribution in [2.45, 2.75) is 57.7 Å². The number of benzene rings is 2.